The normalized spacial score (nSPS) is 12.2. The smallest absolute Gasteiger partial charge is 0.309 e. The summed E-state index contributed by atoms with van der Waals surface area (Å²) in [5.74, 6) is -1.41. The molecule has 2 amide bonds. The molecule has 0 saturated heterocycles. The highest BCUT2D eigenvalue weighted by atomic mass is 32.1. The average molecular weight is 285 g/mol. The zero-order valence-corrected chi connectivity index (χ0v) is 11.9. The number of thiophene rings is 1. The van der Waals surface area contributed by atoms with E-state index in [0.717, 1.165) is 4.88 Å². The molecule has 1 heterocycles. The molecule has 106 valence electrons. The summed E-state index contributed by atoms with van der Waals surface area (Å²) >= 11 is 1.40. The van der Waals surface area contributed by atoms with Crippen LogP contribution in [-0.4, -0.2) is 55.6 Å². The molecule has 3 N–H and O–H groups in total. The summed E-state index contributed by atoms with van der Waals surface area (Å²) in [5, 5.41) is 16.5. The van der Waals surface area contributed by atoms with Gasteiger partial charge in [0.15, 0.2) is 0 Å². The van der Waals surface area contributed by atoms with Gasteiger partial charge in [0, 0.05) is 24.5 Å². The minimum Gasteiger partial charge on any atom is -0.386 e. The lowest BCUT2D eigenvalue weighted by atomic mass is 10.3. The van der Waals surface area contributed by atoms with E-state index in [4.69, 9.17) is 0 Å². The first-order valence-corrected chi connectivity index (χ1v) is 6.81. The molecule has 0 aliphatic carbocycles. The van der Waals surface area contributed by atoms with Gasteiger partial charge in [-0.3, -0.25) is 9.59 Å². The molecule has 1 unspecified atom stereocenters. The van der Waals surface area contributed by atoms with Crippen molar-refractivity contribution in [3.05, 3.63) is 22.4 Å². The molecule has 0 aromatic carbocycles. The molecular formula is C12H19N3O3S. The molecule has 0 spiro atoms. The number of nitrogens with one attached hydrogen (secondary N) is 2. The summed E-state index contributed by atoms with van der Waals surface area (Å²) < 4.78 is 0. The Morgan fingerprint density at radius 1 is 1.37 bits per heavy atom. The Bertz CT molecular complexity index is 406. The maximum absolute atomic E-state index is 11.4. The predicted molar refractivity (Wildman–Crippen MR) is 73.9 cm³/mol. The van der Waals surface area contributed by atoms with Crippen LogP contribution in [0.25, 0.3) is 0 Å². The highest BCUT2D eigenvalue weighted by molar-refractivity contribution is 7.10. The number of carbonyl (C=O) groups excluding carboxylic acids is 2. The summed E-state index contributed by atoms with van der Waals surface area (Å²) in [4.78, 5) is 25.5. The van der Waals surface area contributed by atoms with E-state index in [2.05, 4.69) is 10.6 Å². The molecule has 1 aromatic rings. The molecule has 0 bridgehead atoms. The van der Waals surface area contributed by atoms with E-state index in [0.29, 0.717) is 13.1 Å². The molecule has 0 aliphatic rings. The zero-order chi connectivity index (χ0) is 14.3. The minimum atomic E-state index is -0.779. The number of rotatable bonds is 6. The standard InChI is InChI=1S/C12H19N3O3S/c1-15(2)6-5-13-11(17)12(18)14-8-9(16)10-4-3-7-19-10/h3-4,7,9,16H,5-6,8H2,1-2H3,(H,13,17)(H,14,18). The largest absolute Gasteiger partial charge is 0.386 e. The fraction of sp³-hybridized carbons (Fsp3) is 0.500. The molecule has 0 saturated carbocycles. The van der Waals surface area contributed by atoms with Crippen molar-refractivity contribution in [1.29, 1.82) is 0 Å². The van der Waals surface area contributed by atoms with Crippen LogP contribution in [0.2, 0.25) is 0 Å². The highest BCUT2D eigenvalue weighted by Crippen LogP contribution is 2.17. The molecule has 0 radical (unpaired) electrons. The lowest BCUT2D eigenvalue weighted by molar-refractivity contribution is -0.139. The number of carbonyl (C=O) groups is 2. The summed E-state index contributed by atoms with van der Waals surface area (Å²) in [7, 11) is 3.76. The third-order valence-electron chi connectivity index (χ3n) is 2.38. The SMILES string of the molecule is CN(C)CCNC(=O)C(=O)NCC(O)c1cccs1. The second-order valence-corrected chi connectivity index (χ2v) is 5.28. The van der Waals surface area contributed by atoms with E-state index in [1.165, 1.54) is 11.3 Å². The maximum atomic E-state index is 11.4. The van der Waals surface area contributed by atoms with Crippen LogP contribution >= 0.6 is 11.3 Å². The van der Waals surface area contributed by atoms with Crippen molar-refractivity contribution in [2.24, 2.45) is 0 Å². The van der Waals surface area contributed by atoms with Gasteiger partial charge in [0.25, 0.3) is 0 Å². The number of nitrogens with zero attached hydrogens (tertiary/aromatic N) is 1. The molecular weight excluding hydrogens is 266 g/mol. The van der Waals surface area contributed by atoms with E-state index in [9.17, 15) is 14.7 Å². The third kappa shape index (κ3) is 5.82. The van der Waals surface area contributed by atoms with Gasteiger partial charge in [-0.15, -0.1) is 11.3 Å². The van der Waals surface area contributed by atoms with Gasteiger partial charge < -0.3 is 20.6 Å². The Labute approximate surface area is 116 Å². The Kier molecular flexibility index (Phi) is 6.48. The first-order chi connectivity index (χ1) is 9.00. The van der Waals surface area contributed by atoms with Gasteiger partial charge in [0.1, 0.15) is 6.10 Å². The summed E-state index contributed by atoms with van der Waals surface area (Å²) in [6.07, 6.45) is -0.779. The van der Waals surface area contributed by atoms with Gasteiger partial charge in [-0.1, -0.05) is 6.07 Å². The molecule has 1 aromatic heterocycles. The Morgan fingerprint density at radius 2 is 2.05 bits per heavy atom. The van der Waals surface area contributed by atoms with Gasteiger partial charge in [-0.2, -0.15) is 0 Å². The van der Waals surface area contributed by atoms with E-state index in [1.807, 2.05) is 30.4 Å². The first-order valence-electron chi connectivity index (χ1n) is 5.93. The quantitative estimate of drug-likeness (QED) is 0.620. The van der Waals surface area contributed by atoms with Crippen LogP contribution < -0.4 is 10.6 Å². The van der Waals surface area contributed by atoms with Crippen LogP contribution in [0.4, 0.5) is 0 Å². The average Bonchev–Trinajstić information content (AvgIpc) is 2.88. The maximum Gasteiger partial charge on any atom is 0.309 e. The van der Waals surface area contributed by atoms with Crippen molar-refractivity contribution in [1.82, 2.24) is 15.5 Å². The number of amides is 2. The molecule has 7 heteroatoms. The Hall–Kier alpha value is -1.44. The third-order valence-corrected chi connectivity index (χ3v) is 3.35. The lowest BCUT2D eigenvalue weighted by Crippen LogP contribution is -2.43. The summed E-state index contributed by atoms with van der Waals surface area (Å²) in [6, 6.07) is 3.59. The molecule has 6 nitrogen and oxygen atoms in total. The molecule has 0 aliphatic heterocycles. The van der Waals surface area contributed by atoms with Crippen LogP contribution in [0, 0.1) is 0 Å². The summed E-state index contributed by atoms with van der Waals surface area (Å²) in [5.41, 5.74) is 0. The summed E-state index contributed by atoms with van der Waals surface area (Å²) in [6.45, 7) is 1.10. The highest BCUT2D eigenvalue weighted by Gasteiger charge is 2.15. The molecule has 19 heavy (non-hydrogen) atoms. The first kappa shape index (κ1) is 15.6. The van der Waals surface area contributed by atoms with Gasteiger partial charge in [0.05, 0.1) is 0 Å². The second kappa shape index (κ2) is 7.88. The fourth-order valence-corrected chi connectivity index (χ4v) is 2.04. The molecule has 0 fully saturated rings. The van der Waals surface area contributed by atoms with Crippen LogP contribution in [0.15, 0.2) is 17.5 Å². The van der Waals surface area contributed by atoms with Crippen LogP contribution in [0.3, 0.4) is 0 Å². The fourth-order valence-electron chi connectivity index (χ4n) is 1.32. The van der Waals surface area contributed by atoms with Crippen molar-refractivity contribution >= 4 is 23.2 Å². The van der Waals surface area contributed by atoms with Crippen molar-refractivity contribution in [2.45, 2.75) is 6.10 Å². The Balaban J connectivity index is 2.25. The number of aliphatic hydroxyl groups is 1. The van der Waals surface area contributed by atoms with Crippen molar-refractivity contribution in [2.75, 3.05) is 33.7 Å². The minimum absolute atomic E-state index is 0.0282. The topological polar surface area (TPSA) is 81.7 Å². The molecule has 1 rings (SSSR count). The number of aliphatic hydroxyl groups excluding tert-OH is 1. The van der Waals surface area contributed by atoms with E-state index in [1.54, 1.807) is 6.07 Å². The monoisotopic (exact) mass is 285 g/mol. The lowest BCUT2D eigenvalue weighted by Gasteiger charge is -2.12. The second-order valence-electron chi connectivity index (χ2n) is 4.30. The van der Waals surface area contributed by atoms with Crippen LogP contribution in [0.5, 0.6) is 0 Å². The Morgan fingerprint density at radius 3 is 2.63 bits per heavy atom. The van der Waals surface area contributed by atoms with Crippen LogP contribution in [0.1, 0.15) is 11.0 Å². The van der Waals surface area contributed by atoms with E-state index < -0.39 is 17.9 Å². The van der Waals surface area contributed by atoms with Crippen molar-refractivity contribution in [3.63, 3.8) is 0 Å². The van der Waals surface area contributed by atoms with Gasteiger partial charge in [-0.05, 0) is 25.5 Å². The van der Waals surface area contributed by atoms with E-state index in [-0.39, 0.29) is 6.54 Å². The number of hydrogen-bond donors (Lipinski definition) is 3. The van der Waals surface area contributed by atoms with Gasteiger partial charge in [0.2, 0.25) is 0 Å². The zero-order valence-electron chi connectivity index (χ0n) is 11.0. The predicted octanol–water partition coefficient (Wildman–Crippen LogP) is -0.424. The number of hydrogen-bond acceptors (Lipinski definition) is 5. The molecule has 1 atom stereocenters. The van der Waals surface area contributed by atoms with Gasteiger partial charge in [-0.25, -0.2) is 0 Å². The van der Waals surface area contributed by atoms with E-state index >= 15 is 0 Å². The van der Waals surface area contributed by atoms with Crippen molar-refractivity contribution in [3.8, 4) is 0 Å². The number of likely N-dealkylation sites (N-methyl/N-ethyl adjacent to an activating group) is 1. The van der Waals surface area contributed by atoms with Gasteiger partial charge >= 0.3 is 11.8 Å². The van der Waals surface area contributed by atoms with Crippen LogP contribution in [-0.2, 0) is 9.59 Å². The van der Waals surface area contributed by atoms with Crippen molar-refractivity contribution < 1.29 is 14.7 Å².